The summed E-state index contributed by atoms with van der Waals surface area (Å²) in [6, 6.07) is 16.0. The Hall–Kier alpha value is -2.95. The lowest BCUT2D eigenvalue weighted by Crippen LogP contribution is -2.28. The summed E-state index contributed by atoms with van der Waals surface area (Å²) in [5, 5.41) is 7.64. The van der Waals surface area contributed by atoms with Crippen LogP contribution >= 0.6 is 0 Å². The molecular weight excluding hydrogens is 329 g/mol. The predicted molar refractivity (Wildman–Crippen MR) is 100 cm³/mol. The molecule has 0 saturated heterocycles. The van der Waals surface area contributed by atoms with Crippen LogP contribution < -0.4 is 5.32 Å². The van der Waals surface area contributed by atoms with E-state index in [1.54, 1.807) is 16.8 Å². The molecule has 0 radical (unpaired) electrons. The largest absolute Gasteiger partial charge is 0.352 e. The van der Waals surface area contributed by atoms with Crippen molar-refractivity contribution >= 4 is 5.91 Å². The van der Waals surface area contributed by atoms with Crippen molar-refractivity contribution in [1.29, 1.82) is 0 Å². The summed E-state index contributed by atoms with van der Waals surface area (Å²) in [5.74, 6) is -0.304. The Balaban J connectivity index is 1.94. The molecular formula is C21H22FN3O. The molecule has 4 nitrogen and oxygen atoms in total. The Labute approximate surface area is 152 Å². The molecule has 0 saturated carbocycles. The minimum absolute atomic E-state index is 0.0185. The number of carbonyl (C=O) groups excluding carboxylic acids is 1. The van der Waals surface area contributed by atoms with E-state index >= 15 is 0 Å². The number of aromatic nitrogens is 2. The van der Waals surface area contributed by atoms with Crippen LogP contribution in [0.5, 0.6) is 0 Å². The molecule has 0 fully saturated rings. The van der Waals surface area contributed by atoms with E-state index in [1.807, 2.05) is 50.4 Å². The highest BCUT2D eigenvalue weighted by Gasteiger charge is 2.15. The van der Waals surface area contributed by atoms with Gasteiger partial charge in [0.1, 0.15) is 5.82 Å². The molecule has 3 rings (SSSR count). The van der Waals surface area contributed by atoms with Crippen LogP contribution in [0.25, 0.3) is 16.9 Å². The van der Waals surface area contributed by atoms with Crippen LogP contribution in [0.15, 0.2) is 60.8 Å². The van der Waals surface area contributed by atoms with Crippen molar-refractivity contribution in [1.82, 2.24) is 15.1 Å². The molecule has 1 heterocycles. The first kappa shape index (κ1) is 17.9. The van der Waals surface area contributed by atoms with Gasteiger partial charge in [-0.3, -0.25) is 4.79 Å². The maximum atomic E-state index is 13.3. The Morgan fingerprint density at radius 2 is 1.85 bits per heavy atom. The number of nitrogens with zero attached hydrogens (tertiary/aromatic N) is 2. The summed E-state index contributed by atoms with van der Waals surface area (Å²) >= 11 is 0. The summed E-state index contributed by atoms with van der Waals surface area (Å²) < 4.78 is 15.1. The van der Waals surface area contributed by atoms with E-state index in [4.69, 9.17) is 0 Å². The molecule has 1 amide bonds. The van der Waals surface area contributed by atoms with Crippen LogP contribution in [-0.4, -0.2) is 15.7 Å². The summed E-state index contributed by atoms with van der Waals surface area (Å²) in [7, 11) is 0. The van der Waals surface area contributed by atoms with Gasteiger partial charge in [-0.2, -0.15) is 5.10 Å². The molecule has 26 heavy (non-hydrogen) atoms. The van der Waals surface area contributed by atoms with Gasteiger partial charge in [-0.25, -0.2) is 9.07 Å². The number of carbonyl (C=O) groups is 1. The Bertz CT molecular complexity index is 872. The van der Waals surface area contributed by atoms with Crippen molar-refractivity contribution in [2.45, 2.75) is 26.8 Å². The Kier molecular flexibility index (Phi) is 5.46. The topological polar surface area (TPSA) is 46.9 Å². The van der Waals surface area contributed by atoms with Gasteiger partial charge in [0.2, 0.25) is 5.91 Å². The molecule has 0 aliphatic rings. The molecule has 1 aromatic heterocycles. The second-order valence-electron chi connectivity index (χ2n) is 6.32. The van der Waals surface area contributed by atoms with Gasteiger partial charge in [0, 0.05) is 29.8 Å². The van der Waals surface area contributed by atoms with E-state index in [1.165, 1.54) is 12.1 Å². The molecule has 0 bridgehead atoms. The van der Waals surface area contributed by atoms with E-state index in [0.717, 1.165) is 28.9 Å². The average Bonchev–Trinajstić information content (AvgIpc) is 3.11. The third-order valence-corrected chi connectivity index (χ3v) is 4.44. The molecule has 134 valence electrons. The summed E-state index contributed by atoms with van der Waals surface area (Å²) in [6.45, 7) is 4.27. The Morgan fingerprint density at radius 1 is 1.15 bits per heavy atom. The third-order valence-electron chi connectivity index (χ3n) is 4.44. The summed E-state index contributed by atoms with van der Waals surface area (Å²) in [5.41, 5.74) is 3.36. The van der Waals surface area contributed by atoms with Crippen LogP contribution in [0.2, 0.25) is 0 Å². The molecule has 0 aliphatic heterocycles. The van der Waals surface area contributed by atoms with Crippen molar-refractivity contribution in [3.63, 3.8) is 0 Å². The smallest absolute Gasteiger partial charge is 0.223 e. The van der Waals surface area contributed by atoms with Crippen molar-refractivity contribution in [3.05, 3.63) is 72.2 Å². The quantitative estimate of drug-likeness (QED) is 0.718. The minimum Gasteiger partial charge on any atom is -0.352 e. The SMILES string of the molecule is CCC(C)C(=O)NCc1cn(-c2ccccc2)nc1-c1ccc(F)cc1. The van der Waals surface area contributed by atoms with E-state index in [2.05, 4.69) is 10.4 Å². The number of hydrogen-bond acceptors (Lipinski definition) is 2. The maximum Gasteiger partial charge on any atom is 0.223 e. The van der Waals surface area contributed by atoms with Crippen molar-refractivity contribution in [2.24, 2.45) is 5.92 Å². The second kappa shape index (κ2) is 7.95. The van der Waals surface area contributed by atoms with Crippen LogP contribution in [0.4, 0.5) is 4.39 Å². The van der Waals surface area contributed by atoms with Gasteiger partial charge in [0.15, 0.2) is 0 Å². The van der Waals surface area contributed by atoms with Gasteiger partial charge in [-0.05, 0) is 42.8 Å². The normalized spacial score (nSPS) is 12.0. The second-order valence-corrected chi connectivity index (χ2v) is 6.32. The van der Waals surface area contributed by atoms with E-state index in [-0.39, 0.29) is 17.6 Å². The molecule has 0 aliphatic carbocycles. The first-order valence-corrected chi connectivity index (χ1v) is 8.76. The molecule has 3 aromatic rings. The number of hydrogen-bond donors (Lipinski definition) is 1. The standard InChI is InChI=1S/C21H22FN3O/c1-3-15(2)21(26)23-13-17-14-25(19-7-5-4-6-8-19)24-20(17)16-9-11-18(22)12-10-16/h4-12,14-15H,3,13H2,1-2H3,(H,23,26). The summed E-state index contributed by atoms with van der Waals surface area (Å²) in [4.78, 5) is 12.1. The highest BCUT2D eigenvalue weighted by atomic mass is 19.1. The van der Waals surface area contributed by atoms with Crippen LogP contribution in [-0.2, 0) is 11.3 Å². The molecule has 1 atom stereocenters. The van der Waals surface area contributed by atoms with Gasteiger partial charge in [0.05, 0.1) is 11.4 Å². The van der Waals surface area contributed by atoms with Crippen LogP contribution in [0, 0.1) is 11.7 Å². The average molecular weight is 351 g/mol. The van der Waals surface area contributed by atoms with E-state index in [0.29, 0.717) is 6.54 Å². The van der Waals surface area contributed by atoms with Gasteiger partial charge in [-0.1, -0.05) is 32.0 Å². The van der Waals surface area contributed by atoms with Crippen LogP contribution in [0.3, 0.4) is 0 Å². The highest BCUT2D eigenvalue weighted by molar-refractivity contribution is 5.78. The zero-order valence-corrected chi connectivity index (χ0v) is 14.9. The lowest BCUT2D eigenvalue weighted by Gasteiger charge is -2.09. The third kappa shape index (κ3) is 3.99. The van der Waals surface area contributed by atoms with Gasteiger partial charge in [-0.15, -0.1) is 0 Å². The lowest BCUT2D eigenvalue weighted by atomic mass is 10.1. The van der Waals surface area contributed by atoms with Crippen LogP contribution in [0.1, 0.15) is 25.8 Å². The van der Waals surface area contributed by atoms with Gasteiger partial charge in [0.25, 0.3) is 0 Å². The number of rotatable bonds is 6. The molecule has 0 spiro atoms. The number of benzene rings is 2. The molecule has 2 aromatic carbocycles. The zero-order chi connectivity index (χ0) is 18.5. The fourth-order valence-electron chi connectivity index (χ4n) is 2.64. The number of amides is 1. The van der Waals surface area contributed by atoms with Crippen molar-refractivity contribution in [3.8, 4) is 16.9 Å². The van der Waals surface area contributed by atoms with Crippen molar-refractivity contribution < 1.29 is 9.18 Å². The predicted octanol–water partition coefficient (Wildman–Crippen LogP) is 4.34. The molecule has 1 unspecified atom stereocenters. The monoisotopic (exact) mass is 351 g/mol. The first-order chi connectivity index (χ1) is 12.6. The van der Waals surface area contributed by atoms with Gasteiger partial charge < -0.3 is 5.32 Å². The summed E-state index contributed by atoms with van der Waals surface area (Å²) in [6.07, 6.45) is 2.70. The molecule has 5 heteroatoms. The molecule has 1 N–H and O–H groups in total. The minimum atomic E-state index is -0.289. The Morgan fingerprint density at radius 3 is 2.50 bits per heavy atom. The fourth-order valence-corrected chi connectivity index (χ4v) is 2.64. The van der Waals surface area contributed by atoms with E-state index < -0.39 is 0 Å². The number of halogens is 1. The zero-order valence-electron chi connectivity index (χ0n) is 14.9. The lowest BCUT2D eigenvalue weighted by molar-refractivity contribution is -0.124. The number of nitrogens with one attached hydrogen (secondary N) is 1. The van der Waals surface area contributed by atoms with Crippen molar-refractivity contribution in [2.75, 3.05) is 0 Å². The van der Waals surface area contributed by atoms with E-state index in [9.17, 15) is 9.18 Å². The fraction of sp³-hybridized carbons (Fsp3) is 0.238. The van der Waals surface area contributed by atoms with Gasteiger partial charge >= 0.3 is 0 Å². The maximum absolute atomic E-state index is 13.3. The number of para-hydroxylation sites is 1. The highest BCUT2D eigenvalue weighted by Crippen LogP contribution is 2.24. The first-order valence-electron chi connectivity index (χ1n) is 8.76.